The minimum Gasteiger partial charge on any atom is -0.309 e. The summed E-state index contributed by atoms with van der Waals surface area (Å²) in [4.78, 5) is 19.8. The van der Waals surface area contributed by atoms with Gasteiger partial charge in [0.1, 0.15) is 6.33 Å². The number of aromatic amines is 1. The number of carbonyl (C=O) groups excluding carboxylic acids is 1. The average molecular weight is 276 g/mol. The van der Waals surface area contributed by atoms with Gasteiger partial charge in [0, 0.05) is 6.42 Å². The Morgan fingerprint density at radius 3 is 2.80 bits per heavy atom. The number of nitrogens with one attached hydrogen (secondary N) is 2. The van der Waals surface area contributed by atoms with Gasteiger partial charge in [-0.2, -0.15) is 10.3 Å². The van der Waals surface area contributed by atoms with Crippen molar-refractivity contribution in [3.8, 4) is 0 Å². The van der Waals surface area contributed by atoms with Gasteiger partial charge in [0.2, 0.25) is 11.6 Å². The molecule has 20 heavy (non-hydrogen) atoms. The number of aromatic nitrogens is 5. The molecule has 7 heteroatoms. The van der Waals surface area contributed by atoms with Crippen LogP contribution in [0.3, 0.4) is 0 Å². The predicted molar refractivity (Wildman–Crippen MR) is 76.1 cm³/mol. The second-order valence-electron chi connectivity index (χ2n) is 4.78. The third-order valence-corrected chi connectivity index (χ3v) is 3.14. The van der Waals surface area contributed by atoms with Crippen LogP contribution in [-0.4, -0.2) is 31.3 Å². The van der Waals surface area contributed by atoms with E-state index in [4.69, 9.17) is 0 Å². The lowest BCUT2D eigenvalue weighted by atomic mass is 10.1. The standard InChI is InChI=1S/C13H20N6O/c1-2-3-4-5-6-7-8-10(20)16-12-11-13(15-9-14-12)18-19-17-11/h9H,2-8H2,1H3,(H2,14,15,16,17,18,19,20). The molecule has 2 aromatic rings. The first-order valence-corrected chi connectivity index (χ1v) is 7.12. The first-order valence-electron chi connectivity index (χ1n) is 7.12. The lowest BCUT2D eigenvalue weighted by molar-refractivity contribution is -0.116. The summed E-state index contributed by atoms with van der Waals surface area (Å²) in [6.45, 7) is 2.19. The minimum absolute atomic E-state index is 0.0384. The molecule has 2 aromatic heterocycles. The van der Waals surface area contributed by atoms with Crippen LogP contribution in [0.1, 0.15) is 51.9 Å². The van der Waals surface area contributed by atoms with E-state index in [-0.39, 0.29) is 5.91 Å². The lowest BCUT2D eigenvalue weighted by Gasteiger charge is -2.04. The smallest absolute Gasteiger partial charge is 0.225 e. The van der Waals surface area contributed by atoms with Crippen LogP contribution < -0.4 is 5.32 Å². The molecule has 0 aliphatic rings. The highest BCUT2D eigenvalue weighted by molar-refractivity contribution is 5.96. The Morgan fingerprint density at radius 1 is 1.15 bits per heavy atom. The summed E-state index contributed by atoms with van der Waals surface area (Å²) in [5, 5.41) is 13.0. The van der Waals surface area contributed by atoms with E-state index in [0.29, 0.717) is 23.4 Å². The highest BCUT2D eigenvalue weighted by Crippen LogP contribution is 2.14. The van der Waals surface area contributed by atoms with Gasteiger partial charge in [0.15, 0.2) is 11.3 Å². The fourth-order valence-electron chi connectivity index (χ4n) is 2.03. The molecule has 2 N–H and O–H groups in total. The van der Waals surface area contributed by atoms with Crippen LogP contribution in [0.15, 0.2) is 6.33 Å². The van der Waals surface area contributed by atoms with E-state index in [1.165, 1.54) is 32.0 Å². The summed E-state index contributed by atoms with van der Waals surface area (Å²) in [7, 11) is 0. The SMILES string of the molecule is CCCCCCCCC(=O)Nc1ncnc2n[nH]nc12. The van der Waals surface area contributed by atoms with Crippen LogP contribution in [0.2, 0.25) is 0 Å². The van der Waals surface area contributed by atoms with Gasteiger partial charge in [0.25, 0.3) is 0 Å². The van der Waals surface area contributed by atoms with Crippen LogP contribution in [0.5, 0.6) is 0 Å². The van der Waals surface area contributed by atoms with E-state index in [1.807, 2.05) is 0 Å². The Balaban J connectivity index is 1.76. The van der Waals surface area contributed by atoms with Crippen molar-refractivity contribution in [2.45, 2.75) is 51.9 Å². The van der Waals surface area contributed by atoms with Gasteiger partial charge in [-0.25, -0.2) is 9.97 Å². The van der Waals surface area contributed by atoms with E-state index in [1.54, 1.807) is 0 Å². The van der Waals surface area contributed by atoms with Gasteiger partial charge in [-0.15, -0.1) is 5.10 Å². The predicted octanol–water partition coefficient (Wildman–Crippen LogP) is 2.44. The molecule has 0 unspecified atom stereocenters. The maximum Gasteiger partial charge on any atom is 0.225 e. The first kappa shape index (κ1) is 14.4. The Kier molecular flexibility index (Phi) is 5.40. The lowest BCUT2D eigenvalue weighted by Crippen LogP contribution is -2.12. The molecule has 0 saturated heterocycles. The summed E-state index contributed by atoms with van der Waals surface area (Å²) in [6.07, 6.45) is 8.84. The molecule has 0 aliphatic carbocycles. The van der Waals surface area contributed by atoms with Crippen molar-refractivity contribution in [2.75, 3.05) is 5.32 Å². The quantitative estimate of drug-likeness (QED) is 0.722. The summed E-state index contributed by atoms with van der Waals surface area (Å²) in [6, 6.07) is 0. The zero-order valence-electron chi connectivity index (χ0n) is 11.7. The highest BCUT2D eigenvalue weighted by Gasteiger charge is 2.10. The van der Waals surface area contributed by atoms with Gasteiger partial charge >= 0.3 is 0 Å². The second-order valence-corrected chi connectivity index (χ2v) is 4.78. The molecule has 0 aromatic carbocycles. The number of hydrogen-bond donors (Lipinski definition) is 2. The molecule has 0 fully saturated rings. The van der Waals surface area contributed by atoms with Crippen molar-refractivity contribution in [3.63, 3.8) is 0 Å². The maximum absolute atomic E-state index is 11.8. The van der Waals surface area contributed by atoms with Gasteiger partial charge in [0.05, 0.1) is 0 Å². The molecule has 0 spiro atoms. The van der Waals surface area contributed by atoms with Crippen molar-refractivity contribution in [1.29, 1.82) is 0 Å². The number of carbonyl (C=O) groups is 1. The van der Waals surface area contributed by atoms with E-state index in [0.717, 1.165) is 12.8 Å². The topological polar surface area (TPSA) is 96.5 Å². The molecule has 0 bridgehead atoms. The summed E-state index contributed by atoms with van der Waals surface area (Å²) in [5.74, 6) is 0.378. The van der Waals surface area contributed by atoms with E-state index in [9.17, 15) is 4.79 Å². The van der Waals surface area contributed by atoms with E-state index >= 15 is 0 Å². The van der Waals surface area contributed by atoms with Crippen LogP contribution in [0.4, 0.5) is 5.82 Å². The molecule has 7 nitrogen and oxygen atoms in total. The Labute approximate surface area is 117 Å². The monoisotopic (exact) mass is 276 g/mol. The number of H-pyrrole nitrogens is 1. The molecule has 108 valence electrons. The van der Waals surface area contributed by atoms with Crippen LogP contribution in [-0.2, 0) is 4.79 Å². The first-order chi connectivity index (χ1) is 9.81. The highest BCUT2D eigenvalue weighted by atomic mass is 16.1. The molecular formula is C13H20N6O. The number of nitrogens with zero attached hydrogens (tertiary/aromatic N) is 4. The number of anilines is 1. The largest absolute Gasteiger partial charge is 0.309 e. The third-order valence-electron chi connectivity index (χ3n) is 3.14. The number of hydrogen-bond acceptors (Lipinski definition) is 5. The molecule has 0 radical (unpaired) electrons. The Bertz CT molecular complexity index is 553. The summed E-state index contributed by atoms with van der Waals surface area (Å²) < 4.78 is 0. The maximum atomic E-state index is 11.8. The van der Waals surface area contributed by atoms with Gasteiger partial charge in [-0.1, -0.05) is 39.0 Å². The van der Waals surface area contributed by atoms with Crippen molar-refractivity contribution in [2.24, 2.45) is 0 Å². The van der Waals surface area contributed by atoms with E-state index < -0.39 is 0 Å². The molecular weight excluding hydrogens is 256 g/mol. The summed E-state index contributed by atoms with van der Waals surface area (Å²) >= 11 is 0. The Morgan fingerprint density at radius 2 is 1.95 bits per heavy atom. The third kappa shape index (κ3) is 3.97. The van der Waals surface area contributed by atoms with E-state index in [2.05, 4.69) is 37.6 Å². The number of amides is 1. The van der Waals surface area contributed by atoms with Crippen molar-refractivity contribution in [1.82, 2.24) is 25.4 Å². The normalized spacial score (nSPS) is 10.8. The number of fused-ring (bicyclic) bond motifs is 1. The zero-order valence-corrected chi connectivity index (χ0v) is 11.7. The fraction of sp³-hybridized carbons (Fsp3) is 0.615. The molecule has 1 amide bonds. The van der Waals surface area contributed by atoms with Gasteiger partial charge < -0.3 is 5.32 Å². The zero-order chi connectivity index (χ0) is 14.2. The Hall–Kier alpha value is -2.05. The molecule has 0 aliphatic heterocycles. The van der Waals surface area contributed by atoms with Gasteiger partial charge in [-0.05, 0) is 6.42 Å². The van der Waals surface area contributed by atoms with Crippen LogP contribution >= 0.6 is 0 Å². The molecule has 0 saturated carbocycles. The summed E-state index contributed by atoms with van der Waals surface area (Å²) in [5.41, 5.74) is 0.943. The number of unbranched alkanes of at least 4 members (excludes halogenated alkanes) is 5. The molecule has 2 rings (SSSR count). The van der Waals surface area contributed by atoms with Crippen LogP contribution in [0.25, 0.3) is 11.2 Å². The fourth-order valence-corrected chi connectivity index (χ4v) is 2.03. The van der Waals surface area contributed by atoms with Crippen molar-refractivity contribution < 1.29 is 4.79 Å². The molecule has 0 atom stereocenters. The van der Waals surface area contributed by atoms with Crippen LogP contribution in [0, 0.1) is 0 Å². The van der Waals surface area contributed by atoms with Gasteiger partial charge in [-0.3, -0.25) is 4.79 Å². The van der Waals surface area contributed by atoms with Crippen molar-refractivity contribution in [3.05, 3.63) is 6.33 Å². The number of rotatable bonds is 8. The van der Waals surface area contributed by atoms with Crippen molar-refractivity contribution >= 4 is 22.9 Å². The second kappa shape index (κ2) is 7.52. The average Bonchev–Trinajstić information content (AvgIpc) is 2.92. The molecule has 2 heterocycles. The minimum atomic E-state index is -0.0384.